The lowest BCUT2D eigenvalue weighted by Gasteiger charge is -2.31. The molecule has 1 aliphatic rings. The molecule has 8 heteroatoms. The van der Waals surface area contributed by atoms with Gasteiger partial charge in [0, 0.05) is 24.1 Å². The van der Waals surface area contributed by atoms with Crippen molar-refractivity contribution in [2.75, 3.05) is 18.8 Å². The molecule has 1 aromatic heterocycles. The van der Waals surface area contributed by atoms with Crippen molar-refractivity contribution in [3.8, 4) is 0 Å². The zero-order chi connectivity index (χ0) is 14.7. The number of carbonyl (C=O) groups is 1. The summed E-state index contributed by atoms with van der Waals surface area (Å²) in [5.41, 5.74) is -0.289. The van der Waals surface area contributed by atoms with E-state index in [1.54, 1.807) is 4.90 Å². The first kappa shape index (κ1) is 15.1. The van der Waals surface area contributed by atoms with Gasteiger partial charge < -0.3 is 4.90 Å². The van der Waals surface area contributed by atoms with Gasteiger partial charge in [0.15, 0.2) is 0 Å². The summed E-state index contributed by atoms with van der Waals surface area (Å²) >= 11 is 7.58. The van der Waals surface area contributed by atoms with E-state index in [4.69, 9.17) is 11.6 Å². The van der Waals surface area contributed by atoms with Crippen LogP contribution >= 0.6 is 23.4 Å². The first-order chi connectivity index (χ1) is 9.52. The van der Waals surface area contributed by atoms with Gasteiger partial charge in [-0.2, -0.15) is 11.8 Å². The van der Waals surface area contributed by atoms with Gasteiger partial charge >= 0.3 is 0 Å². The van der Waals surface area contributed by atoms with Gasteiger partial charge in [0.1, 0.15) is 16.9 Å². The van der Waals surface area contributed by atoms with Crippen molar-refractivity contribution in [2.45, 2.75) is 18.6 Å². The number of nitrogens with zero attached hydrogens (tertiary/aromatic N) is 3. The topological polar surface area (TPSA) is 76.3 Å². The Morgan fingerprint density at radius 2 is 2.45 bits per heavy atom. The Bertz CT molecular complexity index is 541. The minimum atomic E-state index is -0.605. The van der Waals surface area contributed by atoms with Gasteiger partial charge in [0.05, 0.1) is 4.92 Å². The molecule has 0 saturated carbocycles. The summed E-state index contributed by atoms with van der Waals surface area (Å²) in [5, 5.41) is 11.4. The van der Waals surface area contributed by atoms with Gasteiger partial charge in [-0.05, 0) is 12.5 Å². The number of nitro groups is 1. The summed E-state index contributed by atoms with van der Waals surface area (Å²) in [6.45, 7) is 3.27. The molecular weight excluding hydrogens is 302 g/mol. The third-order valence-corrected chi connectivity index (χ3v) is 4.74. The Hall–Kier alpha value is -1.34. The summed E-state index contributed by atoms with van der Waals surface area (Å²) in [7, 11) is 0. The SMILES string of the molecule is CCC1CN(C(=O)c2cc(Cl)ncc2[N+](=O)[O-])CCS1. The second-order valence-electron chi connectivity index (χ2n) is 4.43. The Morgan fingerprint density at radius 1 is 1.70 bits per heavy atom. The van der Waals surface area contributed by atoms with Crippen LogP contribution in [-0.2, 0) is 0 Å². The van der Waals surface area contributed by atoms with Crippen LogP contribution in [0, 0.1) is 10.1 Å². The lowest BCUT2D eigenvalue weighted by Crippen LogP contribution is -2.42. The average molecular weight is 316 g/mol. The lowest BCUT2D eigenvalue weighted by molar-refractivity contribution is -0.385. The van der Waals surface area contributed by atoms with Crippen LogP contribution in [0.15, 0.2) is 12.3 Å². The van der Waals surface area contributed by atoms with Crippen molar-refractivity contribution in [1.82, 2.24) is 9.88 Å². The van der Waals surface area contributed by atoms with E-state index in [-0.39, 0.29) is 22.3 Å². The quantitative estimate of drug-likeness (QED) is 0.487. The van der Waals surface area contributed by atoms with Crippen molar-refractivity contribution in [3.05, 3.63) is 33.1 Å². The number of thioether (sulfide) groups is 1. The normalized spacial score (nSPS) is 18.9. The molecule has 0 aromatic carbocycles. The highest BCUT2D eigenvalue weighted by Crippen LogP contribution is 2.26. The molecule has 0 bridgehead atoms. The predicted octanol–water partition coefficient (Wildman–Crippen LogP) is 2.61. The van der Waals surface area contributed by atoms with Gasteiger partial charge in [-0.3, -0.25) is 14.9 Å². The summed E-state index contributed by atoms with van der Waals surface area (Å²) < 4.78 is 0. The van der Waals surface area contributed by atoms with E-state index in [1.165, 1.54) is 6.07 Å². The molecule has 2 rings (SSSR count). The van der Waals surface area contributed by atoms with Gasteiger partial charge in [-0.15, -0.1) is 0 Å². The summed E-state index contributed by atoms with van der Waals surface area (Å²) in [4.78, 5) is 28.2. The number of halogens is 1. The summed E-state index contributed by atoms with van der Waals surface area (Å²) in [6.07, 6.45) is 2.00. The second kappa shape index (κ2) is 6.41. The van der Waals surface area contributed by atoms with Crippen molar-refractivity contribution < 1.29 is 9.72 Å². The number of hydrogen-bond acceptors (Lipinski definition) is 5. The number of hydrogen-bond donors (Lipinski definition) is 0. The minimum Gasteiger partial charge on any atom is -0.336 e. The molecule has 1 unspecified atom stereocenters. The number of pyridine rings is 1. The molecule has 1 fully saturated rings. The Labute approximate surface area is 125 Å². The molecule has 0 aliphatic carbocycles. The van der Waals surface area contributed by atoms with Crippen molar-refractivity contribution in [3.63, 3.8) is 0 Å². The Balaban J connectivity index is 2.28. The fraction of sp³-hybridized carbons (Fsp3) is 0.500. The molecule has 1 amide bonds. The first-order valence-electron chi connectivity index (χ1n) is 6.23. The Morgan fingerprint density at radius 3 is 3.10 bits per heavy atom. The fourth-order valence-electron chi connectivity index (χ4n) is 2.06. The maximum absolute atomic E-state index is 12.5. The smallest absolute Gasteiger partial charge is 0.300 e. The van der Waals surface area contributed by atoms with Crippen LogP contribution < -0.4 is 0 Å². The molecule has 0 N–H and O–H groups in total. The molecule has 108 valence electrons. The highest BCUT2D eigenvalue weighted by Gasteiger charge is 2.29. The number of aromatic nitrogens is 1. The third-order valence-electron chi connectivity index (χ3n) is 3.16. The zero-order valence-corrected chi connectivity index (χ0v) is 12.5. The second-order valence-corrected chi connectivity index (χ2v) is 6.23. The predicted molar refractivity (Wildman–Crippen MR) is 78.3 cm³/mol. The van der Waals surface area contributed by atoms with Crippen LogP contribution in [0.25, 0.3) is 0 Å². The standard InChI is InChI=1S/C12H14ClN3O3S/c1-2-8-7-15(3-4-20-8)12(17)9-5-11(13)14-6-10(9)16(18)19/h5-6,8H,2-4,7H2,1H3. The van der Waals surface area contributed by atoms with E-state index in [2.05, 4.69) is 11.9 Å². The van der Waals surface area contributed by atoms with Crippen LogP contribution in [0.1, 0.15) is 23.7 Å². The lowest BCUT2D eigenvalue weighted by atomic mass is 10.2. The average Bonchev–Trinajstić information content (AvgIpc) is 2.46. The van der Waals surface area contributed by atoms with Gasteiger partial charge in [0.2, 0.25) is 0 Å². The van der Waals surface area contributed by atoms with E-state index in [1.807, 2.05) is 11.8 Å². The highest BCUT2D eigenvalue weighted by atomic mass is 35.5. The van der Waals surface area contributed by atoms with Gasteiger partial charge in [0.25, 0.3) is 11.6 Å². The van der Waals surface area contributed by atoms with Gasteiger partial charge in [-0.25, -0.2) is 4.98 Å². The van der Waals surface area contributed by atoms with E-state index >= 15 is 0 Å². The van der Waals surface area contributed by atoms with Crippen molar-refractivity contribution >= 4 is 35.0 Å². The summed E-state index contributed by atoms with van der Waals surface area (Å²) in [6, 6.07) is 1.27. The molecule has 0 spiro atoms. The fourth-order valence-corrected chi connectivity index (χ4v) is 3.40. The zero-order valence-electron chi connectivity index (χ0n) is 10.9. The molecule has 1 atom stereocenters. The van der Waals surface area contributed by atoms with E-state index in [0.717, 1.165) is 18.4 Å². The minimum absolute atomic E-state index is 0.0109. The van der Waals surface area contributed by atoms with Crippen molar-refractivity contribution in [1.29, 1.82) is 0 Å². The number of rotatable bonds is 3. The van der Waals surface area contributed by atoms with E-state index in [0.29, 0.717) is 18.3 Å². The van der Waals surface area contributed by atoms with Crippen LogP contribution in [0.4, 0.5) is 5.69 Å². The Kier molecular flexibility index (Phi) is 4.82. The van der Waals surface area contributed by atoms with Crippen LogP contribution in [-0.4, -0.2) is 44.8 Å². The molecule has 1 aliphatic heterocycles. The van der Waals surface area contributed by atoms with Gasteiger partial charge in [-0.1, -0.05) is 18.5 Å². The molecule has 1 aromatic rings. The largest absolute Gasteiger partial charge is 0.336 e. The summed E-state index contributed by atoms with van der Waals surface area (Å²) in [5.74, 6) is 0.497. The maximum atomic E-state index is 12.5. The molecule has 6 nitrogen and oxygen atoms in total. The third kappa shape index (κ3) is 3.21. The number of carbonyl (C=O) groups excluding carboxylic acids is 1. The van der Waals surface area contributed by atoms with E-state index in [9.17, 15) is 14.9 Å². The molecule has 1 saturated heterocycles. The maximum Gasteiger partial charge on any atom is 0.300 e. The van der Waals surface area contributed by atoms with Crippen LogP contribution in [0.3, 0.4) is 0 Å². The monoisotopic (exact) mass is 315 g/mol. The highest BCUT2D eigenvalue weighted by molar-refractivity contribution is 8.00. The molecule has 20 heavy (non-hydrogen) atoms. The number of amides is 1. The van der Waals surface area contributed by atoms with Crippen LogP contribution in [0.2, 0.25) is 5.15 Å². The molecular formula is C12H14ClN3O3S. The first-order valence-corrected chi connectivity index (χ1v) is 7.66. The van der Waals surface area contributed by atoms with E-state index < -0.39 is 4.92 Å². The molecule has 2 heterocycles. The van der Waals surface area contributed by atoms with Crippen LogP contribution in [0.5, 0.6) is 0 Å². The molecule has 0 radical (unpaired) electrons. The van der Waals surface area contributed by atoms with Crippen molar-refractivity contribution in [2.24, 2.45) is 0 Å².